The number of halogens is 5. The van der Waals surface area contributed by atoms with Gasteiger partial charge in [0.15, 0.2) is 16.3 Å². The number of carbonyl (C=O) groups excluding carboxylic acids is 1. The molecule has 34 heavy (non-hydrogen) atoms. The van der Waals surface area contributed by atoms with Crippen LogP contribution in [0, 0.1) is 22.7 Å². The van der Waals surface area contributed by atoms with E-state index in [1.54, 1.807) is 12.1 Å². The van der Waals surface area contributed by atoms with Crippen LogP contribution in [0.3, 0.4) is 0 Å². The van der Waals surface area contributed by atoms with Gasteiger partial charge in [-0.25, -0.2) is 13.0 Å². The molecule has 0 aliphatic carbocycles. The molecule has 2 atom stereocenters. The number of carbonyl (C=O) groups is 1. The highest BCUT2D eigenvalue weighted by Crippen LogP contribution is 2.38. The molecule has 12 heteroatoms. The third-order valence-corrected chi connectivity index (χ3v) is 5.76. The molecule has 2 aromatic carbocycles. The Balaban J connectivity index is 2.20. The molecule has 0 aromatic heterocycles. The van der Waals surface area contributed by atoms with E-state index in [9.17, 15) is 36.2 Å². The molecule has 1 N–H and O–H groups in total. The zero-order chi connectivity index (χ0) is 25.7. The first kappa shape index (κ1) is 26.7. The first-order chi connectivity index (χ1) is 15.8. The summed E-state index contributed by atoms with van der Waals surface area (Å²) in [6.07, 6.45) is -0.570. The zero-order valence-electron chi connectivity index (χ0n) is 17.9. The Kier molecular flexibility index (Phi) is 8.01. The van der Waals surface area contributed by atoms with Gasteiger partial charge in [0, 0.05) is 16.9 Å². The van der Waals surface area contributed by atoms with Gasteiger partial charge in [0.1, 0.15) is 12.4 Å². The molecule has 0 spiro atoms. The summed E-state index contributed by atoms with van der Waals surface area (Å²) in [4.78, 5) is 11.9. The summed E-state index contributed by atoms with van der Waals surface area (Å²) in [5.74, 6) is -4.44. The van der Waals surface area contributed by atoms with E-state index in [-0.39, 0.29) is 16.9 Å². The van der Waals surface area contributed by atoms with Gasteiger partial charge in [-0.15, -0.1) is 0 Å². The maximum atomic E-state index is 14.3. The molecule has 0 saturated carbocycles. The Bertz CT molecular complexity index is 1170. The predicted molar refractivity (Wildman–Crippen MR) is 111 cm³/mol. The quantitative estimate of drug-likeness (QED) is 0.527. The van der Waals surface area contributed by atoms with Crippen molar-refractivity contribution in [2.75, 3.05) is 6.61 Å². The second-order valence-electron chi connectivity index (χ2n) is 7.31. The van der Waals surface area contributed by atoms with Crippen LogP contribution in [0.1, 0.15) is 41.8 Å². The summed E-state index contributed by atoms with van der Waals surface area (Å²) in [5.41, 5.74) is -7.35. The summed E-state index contributed by atoms with van der Waals surface area (Å²) < 4.78 is 83.1. The van der Waals surface area contributed by atoms with Gasteiger partial charge >= 0.3 is 5.51 Å². The molecule has 0 aliphatic rings. The summed E-state index contributed by atoms with van der Waals surface area (Å²) in [6, 6.07) is 10.7. The largest absolute Gasteiger partial charge is 0.489 e. The molecule has 180 valence electrons. The molecule has 0 fully saturated rings. The smallest absolute Gasteiger partial charge is 0.475 e. The molecule has 6 nitrogen and oxygen atoms in total. The maximum absolute atomic E-state index is 14.3. The lowest BCUT2D eigenvalue weighted by molar-refractivity contribution is -0.0384. The minimum absolute atomic E-state index is 0.0123. The zero-order valence-corrected chi connectivity index (χ0v) is 18.7. The van der Waals surface area contributed by atoms with Crippen molar-refractivity contribution in [1.29, 1.82) is 10.5 Å². The van der Waals surface area contributed by atoms with Crippen LogP contribution in [0.5, 0.6) is 5.75 Å². The molecular weight excluding hydrogens is 481 g/mol. The number of alkyl halides is 5. The summed E-state index contributed by atoms with van der Waals surface area (Å²) >= 11 is 0. The van der Waals surface area contributed by atoms with E-state index < -0.39 is 57.2 Å². The van der Waals surface area contributed by atoms with Crippen molar-refractivity contribution in [3.8, 4) is 17.9 Å². The van der Waals surface area contributed by atoms with Crippen LogP contribution in [0.25, 0.3) is 0 Å². The van der Waals surface area contributed by atoms with E-state index >= 15 is 0 Å². The highest BCUT2D eigenvalue weighted by Gasteiger charge is 2.38. The van der Waals surface area contributed by atoms with Crippen molar-refractivity contribution in [2.24, 2.45) is 0 Å². The third-order valence-electron chi connectivity index (χ3n) is 4.64. The van der Waals surface area contributed by atoms with Crippen LogP contribution in [0.4, 0.5) is 22.0 Å². The van der Waals surface area contributed by atoms with Gasteiger partial charge in [0.25, 0.3) is 11.8 Å². The molecule has 2 aromatic rings. The molecule has 0 saturated heterocycles. The Morgan fingerprint density at radius 1 is 1.09 bits per heavy atom. The normalized spacial score (nSPS) is 14.3. The fourth-order valence-electron chi connectivity index (χ4n) is 2.71. The van der Waals surface area contributed by atoms with E-state index in [4.69, 9.17) is 10.00 Å². The van der Waals surface area contributed by atoms with Crippen LogP contribution < -0.4 is 10.1 Å². The molecule has 0 radical (unpaired) electrons. The van der Waals surface area contributed by atoms with Crippen LogP contribution in [0.15, 0.2) is 47.4 Å². The molecule has 0 aliphatic heterocycles. The Morgan fingerprint density at radius 3 is 2.21 bits per heavy atom. The van der Waals surface area contributed by atoms with Gasteiger partial charge in [-0.2, -0.15) is 23.7 Å². The maximum Gasteiger partial charge on any atom is 0.475 e. The Morgan fingerprint density at radius 2 is 1.71 bits per heavy atom. The van der Waals surface area contributed by atoms with E-state index in [1.807, 2.05) is 0 Å². The van der Waals surface area contributed by atoms with Crippen molar-refractivity contribution >= 4 is 16.7 Å². The number of ether oxygens (including phenoxy) is 1. The summed E-state index contributed by atoms with van der Waals surface area (Å²) in [7, 11) is -3.27. The first-order valence-electron chi connectivity index (χ1n) is 9.64. The number of nitrogens with zero attached hydrogens (tertiary/aromatic N) is 2. The van der Waals surface area contributed by atoms with Gasteiger partial charge in [0.05, 0.1) is 23.3 Å². The van der Waals surface area contributed by atoms with Gasteiger partial charge in [0.2, 0.25) is 0 Å². The van der Waals surface area contributed by atoms with Crippen molar-refractivity contribution in [2.45, 2.75) is 42.1 Å². The van der Waals surface area contributed by atoms with Crippen molar-refractivity contribution in [3.05, 3.63) is 59.2 Å². The number of rotatable bonds is 8. The van der Waals surface area contributed by atoms with Crippen LogP contribution in [-0.2, 0) is 16.7 Å². The molecule has 2 rings (SSSR count). The van der Waals surface area contributed by atoms with E-state index in [0.717, 1.165) is 36.4 Å². The topological polar surface area (TPSA) is 103 Å². The summed E-state index contributed by atoms with van der Waals surface area (Å²) in [5, 5.41) is 20.8. The van der Waals surface area contributed by atoms with Crippen molar-refractivity contribution < 1.29 is 35.7 Å². The van der Waals surface area contributed by atoms with Crippen molar-refractivity contribution in [1.82, 2.24) is 5.32 Å². The average molecular weight is 499 g/mol. The van der Waals surface area contributed by atoms with Crippen LogP contribution in [0.2, 0.25) is 0 Å². The van der Waals surface area contributed by atoms with Gasteiger partial charge in [-0.3, -0.25) is 4.79 Å². The number of hydrogen-bond donors (Lipinski definition) is 1. The minimum Gasteiger partial charge on any atom is -0.489 e. The highest BCUT2D eigenvalue weighted by atomic mass is 32.2. The Labute approximate surface area is 194 Å². The molecule has 2 unspecified atom stereocenters. The predicted octanol–water partition coefficient (Wildman–Crippen LogP) is 4.78. The molecule has 0 bridgehead atoms. The van der Waals surface area contributed by atoms with Gasteiger partial charge in [-0.1, -0.05) is 6.92 Å². The summed E-state index contributed by atoms with van der Waals surface area (Å²) in [6.45, 7) is 1.96. The van der Waals surface area contributed by atoms with E-state index in [0.29, 0.717) is 0 Å². The number of nitriles is 2. The number of benzene rings is 2. The van der Waals surface area contributed by atoms with Crippen LogP contribution >= 0.6 is 0 Å². The number of hydrogen-bond acceptors (Lipinski definition) is 5. The Hall–Kier alpha value is -3.51. The van der Waals surface area contributed by atoms with Gasteiger partial charge < -0.3 is 10.1 Å². The SMILES string of the molecule is CCC(F)(F)c1cc(C#N)ccc1OCC(C)(C#N)NC(=O)c1ccc(S(=O)C(F)(F)F)cc1. The molecular formula is C22H18F5N3O3S. The highest BCUT2D eigenvalue weighted by molar-refractivity contribution is 7.86. The minimum atomic E-state index is -4.96. The van der Waals surface area contributed by atoms with Crippen molar-refractivity contribution in [3.63, 3.8) is 0 Å². The van der Waals surface area contributed by atoms with Crippen LogP contribution in [-0.4, -0.2) is 27.8 Å². The lowest BCUT2D eigenvalue weighted by Gasteiger charge is -2.25. The fraction of sp³-hybridized carbons (Fsp3) is 0.318. The number of amides is 1. The lowest BCUT2D eigenvalue weighted by atomic mass is 10.0. The lowest BCUT2D eigenvalue weighted by Crippen LogP contribution is -2.49. The van der Waals surface area contributed by atoms with Gasteiger partial charge in [-0.05, 0) is 49.4 Å². The monoisotopic (exact) mass is 499 g/mol. The fourth-order valence-corrected chi connectivity index (χ4v) is 3.36. The second-order valence-corrected chi connectivity index (χ2v) is 8.78. The molecule has 0 heterocycles. The standard InChI is InChI=1S/C22H18F5N3O3S/c1-3-21(23,24)17-10-14(11-28)4-9-18(17)33-13-20(2,12-29)30-19(31)15-5-7-16(8-6-15)34(32)22(25,26)27/h4-10H,3,13H2,1-2H3,(H,30,31). The number of nitrogens with one attached hydrogen (secondary N) is 1. The second kappa shape index (κ2) is 10.2. The third kappa shape index (κ3) is 6.29. The van der Waals surface area contributed by atoms with E-state index in [2.05, 4.69) is 5.32 Å². The first-order valence-corrected chi connectivity index (χ1v) is 10.8. The molecule has 1 amide bonds. The van der Waals surface area contributed by atoms with E-state index in [1.165, 1.54) is 19.9 Å². The average Bonchev–Trinajstić information content (AvgIpc) is 2.81.